The zero-order valence-corrected chi connectivity index (χ0v) is 14.6. The molecular formula is C20H29N3O. The highest BCUT2D eigenvalue weighted by molar-refractivity contribution is 5.78. The first-order valence-electron chi connectivity index (χ1n) is 9.59. The summed E-state index contributed by atoms with van der Waals surface area (Å²) in [4.78, 5) is 19.7. The molecule has 3 aliphatic rings. The van der Waals surface area contributed by atoms with Crippen molar-refractivity contribution in [1.82, 2.24) is 14.7 Å². The summed E-state index contributed by atoms with van der Waals surface area (Å²) >= 11 is 0. The van der Waals surface area contributed by atoms with Crippen molar-refractivity contribution in [3.05, 3.63) is 35.9 Å². The molecule has 0 aromatic heterocycles. The molecule has 0 aliphatic carbocycles. The molecule has 0 N–H and O–H groups in total. The van der Waals surface area contributed by atoms with Gasteiger partial charge < -0.3 is 4.90 Å². The number of hydrogen-bond acceptors (Lipinski definition) is 3. The number of benzene rings is 1. The van der Waals surface area contributed by atoms with Crippen molar-refractivity contribution in [1.29, 1.82) is 0 Å². The normalized spacial score (nSPS) is 26.5. The molecule has 3 aliphatic heterocycles. The van der Waals surface area contributed by atoms with Gasteiger partial charge in [0.1, 0.15) is 0 Å². The predicted octanol–water partition coefficient (Wildman–Crippen LogP) is 2.17. The van der Waals surface area contributed by atoms with Gasteiger partial charge in [-0.05, 0) is 56.8 Å². The standard InChI is InChI=1S/C20H29N3O/c24-20(23-14-13-22-10-4-7-19(22)15-23)16-21-11-8-18(9-12-21)17-5-2-1-3-6-17/h1-3,5-6,18-19H,4,7-16H2/t19-/m0/s1. The molecule has 1 atom stereocenters. The second kappa shape index (κ2) is 7.24. The monoisotopic (exact) mass is 327 g/mol. The van der Waals surface area contributed by atoms with Gasteiger partial charge in [0.25, 0.3) is 0 Å². The van der Waals surface area contributed by atoms with Gasteiger partial charge in [0, 0.05) is 25.7 Å². The maximum atomic E-state index is 12.7. The second-order valence-electron chi connectivity index (χ2n) is 7.63. The molecular weight excluding hydrogens is 298 g/mol. The highest BCUT2D eigenvalue weighted by Gasteiger charge is 2.33. The fraction of sp³-hybridized carbons (Fsp3) is 0.650. The van der Waals surface area contributed by atoms with Crippen molar-refractivity contribution in [3.8, 4) is 0 Å². The van der Waals surface area contributed by atoms with Crippen LogP contribution in [0.5, 0.6) is 0 Å². The van der Waals surface area contributed by atoms with Gasteiger partial charge in [-0.15, -0.1) is 0 Å². The summed E-state index contributed by atoms with van der Waals surface area (Å²) < 4.78 is 0. The Bertz CT molecular complexity index is 553. The molecule has 0 bridgehead atoms. The van der Waals surface area contributed by atoms with E-state index in [0.29, 0.717) is 24.4 Å². The van der Waals surface area contributed by atoms with E-state index >= 15 is 0 Å². The minimum Gasteiger partial charge on any atom is -0.339 e. The number of piperazine rings is 1. The van der Waals surface area contributed by atoms with Crippen LogP contribution < -0.4 is 0 Å². The van der Waals surface area contributed by atoms with Crippen LogP contribution in [0.25, 0.3) is 0 Å². The quantitative estimate of drug-likeness (QED) is 0.851. The van der Waals surface area contributed by atoms with E-state index in [1.807, 2.05) is 0 Å². The molecule has 3 heterocycles. The largest absolute Gasteiger partial charge is 0.339 e. The smallest absolute Gasteiger partial charge is 0.236 e. The predicted molar refractivity (Wildman–Crippen MR) is 96.0 cm³/mol. The number of rotatable bonds is 3. The Labute approximate surface area is 145 Å². The maximum Gasteiger partial charge on any atom is 0.236 e. The van der Waals surface area contributed by atoms with Crippen LogP contribution in [-0.2, 0) is 4.79 Å². The Hall–Kier alpha value is -1.39. The molecule has 24 heavy (non-hydrogen) atoms. The summed E-state index contributed by atoms with van der Waals surface area (Å²) in [6.45, 7) is 6.92. The lowest BCUT2D eigenvalue weighted by Crippen LogP contribution is -2.54. The summed E-state index contributed by atoms with van der Waals surface area (Å²) in [7, 11) is 0. The topological polar surface area (TPSA) is 26.8 Å². The number of carbonyl (C=O) groups excluding carboxylic acids is 1. The van der Waals surface area contributed by atoms with Gasteiger partial charge in [-0.1, -0.05) is 30.3 Å². The van der Waals surface area contributed by atoms with E-state index in [0.717, 1.165) is 32.7 Å². The van der Waals surface area contributed by atoms with Gasteiger partial charge in [0.2, 0.25) is 5.91 Å². The van der Waals surface area contributed by atoms with Gasteiger partial charge in [-0.3, -0.25) is 14.6 Å². The fourth-order valence-electron chi connectivity index (χ4n) is 4.66. The zero-order chi connectivity index (χ0) is 16.4. The molecule has 0 unspecified atom stereocenters. The van der Waals surface area contributed by atoms with E-state index in [2.05, 4.69) is 45.0 Å². The second-order valence-corrected chi connectivity index (χ2v) is 7.63. The average Bonchev–Trinajstić information content (AvgIpc) is 3.11. The number of nitrogens with zero attached hydrogens (tertiary/aromatic N) is 3. The number of hydrogen-bond donors (Lipinski definition) is 0. The van der Waals surface area contributed by atoms with Crippen molar-refractivity contribution in [2.75, 3.05) is 45.8 Å². The van der Waals surface area contributed by atoms with Crippen molar-refractivity contribution in [2.24, 2.45) is 0 Å². The lowest BCUT2D eigenvalue weighted by molar-refractivity contribution is -0.135. The van der Waals surface area contributed by atoms with Gasteiger partial charge in [0.05, 0.1) is 6.54 Å². The average molecular weight is 327 g/mol. The Morgan fingerprint density at radius 3 is 2.54 bits per heavy atom. The molecule has 130 valence electrons. The van der Waals surface area contributed by atoms with E-state index in [1.165, 1.54) is 37.8 Å². The van der Waals surface area contributed by atoms with Crippen molar-refractivity contribution < 1.29 is 4.79 Å². The van der Waals surface area contributed by atoms with Gasteiger partial charge in [-0.25, -0.2) is 0 Å². The van der Waals surface area contributed by atoms with Crippen LogP contribution in [0.1, 0.15) is 37.2 Å². The van der Waals surface area contributed by atoms with E-state index in [4.69, 9.17) is 0 Å². The summed E-state index contributed by atoms with van der Waals surface area (Å²) in [5.41, 5.74) is 1.46. The Kier molecular flexibility index (Phi) is 4.86. The van der Waals surface area contributed by atoms with Crippen molar-refractivity contribution in [2.45, 2.75) is 37.6 Å². The molecule has 3 saturated heterocycles. The molecule has 1 aromatic rings. The van der Waals surface area contributed by atoms with Crippen LogP contribution in [0.3, 0.4) is 0 Å². The van der Waals surface area contributed by atoms with E-state index in [1.54, 1.807) is 0 Å². The number of carbonyl (C=O) groups is 1. The van der Waals surface area contributed by atoms with Crippen LogP contribution in [0.4, 0.5) is 0 Å². The van der Waals surface area contributed by atoms with Crippen LogP contribution >= 0.6 is 0 Å². The Balaban J connectivity index is 1.25. The van der Waals surface area contributed by atoms with Gasteiger partial charge >= 0.3 is 0 Å². The van der Waals surface area contributed by atoms with Crippen molar-refractivity contribution >= 4 is 5.91 Å². The summed E-state index contributed by atoms with van der Waals surface area (Å²) in [5.74, 6) is 1.01. The van der Waals surface area contributed by atoms with E-state index in [9.17, 15) is 4.79 Å². The third kappa shape index (κ3) is 3.50. The first-order valence-corrected chi connectivity index (χ1v) is 9.59. The molecule has 4 nitrogen and oxygen atoms in total. The highest BCUT2D eigenvalue weighted by atomic mass is 16.2. The van der Waals surface area contributed by atoms with Crippen molar-refractivity contribution in [3.63, 3.8) is 0 Å². The summed E-state index contributed by atoms with van der Waals surface area (Å²) in [6, 6.07) is 11.5. The summed E-state index contributed by atoms with van der Waals surface area (Å²) in [6.07, 6.45) is 4.92. The third-order valence-electron chi connectivity index (χ3n) is 6.16. The van der Waals surface area contributed by atoms with E-state index < -0.39 is 0 Å². The first kappa shape index (κ1) is 16.1. The van der Waals surface area contributed by atoms with Gasteiger partial charge in [-0.2, -0.15) is 0 Å². The number of piperidine rings is 1. The Morgan fingerprint density at radius 1 is 0.958 bits per heavy atom. The molecule has 1 aromatic carbocycles. The van der Waals surface area contributed by atoms with E-state index in [-0.39, 0.29) is 0 Å². The molecule has 4 heteroatoms. The Morgan fingerprint density at radius 2 is 1.75 bits per heavy atom. The molecule has 0 spiro atoms. The molecule has 0 radical (unpaired) electrons. The third-order valence-corrected chi connectivity index (χ3v) is 6.16. The highest BCUT2D eigenvalue weighted by Crippen LogP contribution is 2.28. The first-order chi connectivity index (χ1) is 11.8. The SMILES string of the molecule is O=C(CN1CCC(c2ccccc2)CC1)N1CCN2CCC[C@H]2C1. The van der Waals surface area contributed by atoms with Crippen LogP contribution in [0.15, 0.2) is 30.3 Å². The minimum absolute atomic E-state index is 0.347. The maximum absolute atomic E-state index is 12.7. The zero-order valence-electron chi connectivity index (χ0n) is 14.6. The van der Waals surface area contributed by atoms with Crippen LogP contribution in [-0.4, -0.2) is 72.5 Å². The number of amides is 1. The lowest BCUT2D eigenvalue weighted by atomic mass is 9.89. The number of fused-ring (bicyclic) bond motifs is 1. The van der Waals surface area contributed by atoms with Crippen LogP contribution in [0.2, 0.25) is 0 Å². The molecule has 4 rings (SSSR count). The molecule has 0 saturated carbocycles. The van der Waals surface area contributed by atoms with Gasteiger partial charge in [0.15, 0.2) is 0 Å². The van der Waals surface area contributed by atoms with Crippen LogP contribution in [0, 0.1) is 0 Å². The molecule has 1 amide bonds. The fourth-order valence-corrected chi connectivity index (χ4v) is 4.66. The summed E-state index contributed by atoms with van der Waals surface area (Å²) in [5, 5.41) is 0. The minimum atomic E-state index is 0.347. The number of likely N-dealkylation sites (tertiary alicyclic amines) is 1. The lowest BCUT2D eigenvalue weighted by Gasteiger charge is -2.39. The molecule has 3 fully saturated rings.